The summed E-state index contributed by atoms with van der Waals surface area (Å²) in [5.41, 5.74) is 2.83. The van der Waals surface area contributed by atoms with Crippen LogP contribution in [-0.4, -0.2) is 30.0 Å². The molecule has 36 heavy (non-hydrogen) atoms. The van der Waals surface area contributed by atoms with Crippen molar-refractivity contribution in [3.63, 3.8) is 0 Å². The lowest BCUT2D eigenvalue weighted by atomic mass is 10.0. The average molecular weight is 502 g/mol. The van der Waals surface area contributed by atoms with E-state index in [0.29, 0.717) is 23.5 Å². The fraction of sp³-hybridized carbons (Fsp3) is 0.308. The van der Waals surface area contributed by atoms with Crippen molar-refractivity contribution < 1.29 is 22.7 Å². The Morgan fingerprint density at radius 3 is 2.50 bits per heavy atom. The fourth-order valence-electron chi connectivity index (χ4n) is 3.87. The molecule has 0 aliphatic carbocycles. The number of hydrogen-bond donors (Lipinski definition) is 3. The number of benzene rings is 2. The van der Waals surface area contributed by atoms with E-state index in [1.165, 1.54) is 19.2 Å². The topological polar surface area (TPSA) is 80.2 Å². The third kappa shape index (κ3) is 6.25. The number of carbonyl (C=O) groups excluding carboxylic acids is 1. The van der Waals surface area contributed by atoms with Gasteiger partial charge in [0.15, 0.2) is 0 Å². The molecule has 0 aliphatic heterocycles. The smallest absolute Gasteiger partial charge is 0.394 e. The van der Waals surface area contributed by atoms with E-state index in [9.17, 15) is 18.0 Å². The predicted octanol–water partition coefficient (Wildman–Crippen LogP) is 5.64. The van der Waals surface area contributed by atoms with E-state index in [1.54, 1.807) is 11.7 Å². The first-order valence-electron chi connectivity index (χ1n) is 11.4. The molecule has 2 amide bonds. The number of urea groups is 1. The first-order chi connectivity index (χ1) is 17.2. The summed E-state index contributed by atoms with van der Waals surface area (Å²) < 4.78 is 47.2. The van der Waals surface area contributed by atoms with Gasteiger partial charge in [-0.15, -0.1) is 0 Å². The van der Waals surface area contributed by atoms with Crippen molar-refractivity contribution in [1.82, 2.24) is 20.4 Å². The molecule has 3 rings (SSSR count). The van der Waals surface area contributed by atoms with E-state index in [1.807, 2.05) is 50.4 Å². The molecule has 1 heterocycles. The van der Waals surface area contributed by atoms with Gasteiger partial charge in [-0.2, -0.15) is 18.3 Å². The molecule has 0 fully saturated rings. The van der Waals surface area contributed by atoms with Gasteiger partial charge in [-0.1, -0.05) is 37.3 Å². The average Bonchev–Trinajstić information content (AvgIpc) is 3.17. The van der Waals surface area contributed by atoms with Gasteiger partial charge in [-0.05, 0) is 48.2 Å². The zero-order valence-electron chi connectivity index (χ0n) is 20.7. The van der Waals surface area contributed by atoms with Gasteiger partial charge in [0.1, 0.15) is 5.82 Å². The second-order valence-electron chi connectivity index (χ2n) is 8.11. The Morgan fingerprint density at radius 1 is 1.17 bits per heavy atom. The summed E-state index contributed by atoms with van der Waals surface area (Å²) in [6.07, 6.45) is -2.00. The minimum atomic E-state index is -4.55. The summed E-state index contributed by atoms with van der Waals surface area (Å²) in [5.74, 6) is 0.424. The molecule has 0 bridgehead atoms. The molecule has 10 heteroatoms. The Labute approximate surface area is 208 Å². The van der Waals surface area contributed by atoms with Crippen LogP contribution in [0.25, 0.3) is 11.3 Å². The number of amides is 2. The molecule has 2 aromatic carbocycles. The van der Waals surface area contributed by atoms with Crippen molar-refractivity contribution in [2.24, 2.45) is 0 Å². The number of methoxy groups -OCH3 is 1. The summed E-state index contributed by atoms with van der Waals surface area (Å²) >= 11 is 0. The summed E-state index contributed by atoms with van der Waals surface area (Å²) in [6, 6.07) is 12.4. The molecule has 1 aromatic heterocycles. The number of carbonyl (C=O) groups is 1. The highest BCUT2D eigenvalue weighted by atomic mass is 19.4. The number of aromatic nitrogens is 2. The number of rotatable bonds is 9. The summed E-state index contributed by atoms with van der Waals surface area (Å²) in [4.78, 5) is 12.9. The van der Waals surface area contributed by atoms with Crippen LogP contribution < -0.4 is 16.0 Å². The summed E-state index contributed by atoms with van der Waals surface area (Å²) in [7, 11) is 3.26. The number of anilines is 1. The van der Waals surface area contributed by atoms with Crippen molar-refractivity contribution >= 4 is 17.4 Å². The van der Waals surface area contributed by atoms with E-state index >= 15 is 0 Å². The van der Waals surface area contributed by atoms with Crippen LogP contribution in [-0.2, 0) is 24.1 Å². The van der Waals surface area contributed by atoms with Gasteiger partial charge in [-0.25, -0.2) is 9.48 Å². The van der Waals surface area contributed by atoms with E-state index in [0.717, 1.165) is 22.9 Å². The Kier molecular flexibility index (Phi) is 8.76. The highest BCUT2D eigenvalue weighted by Crippen LogP contribution is 2.33. The van der Waals surface area contributed by atoms with E-state index < -0.39 is 17.8 Å². The van der Waals surface area contributed by atoms with Crippen molar-refractivity contribution in [3.05, 3.63) is 82.7 Å². The molecule has 0 spiro atoms. The maximum Gasteiger partial charge on any atom is 0.416 e. The van der Waals surface area contributed by atoms with Crippen LogP contribution in [0, 0.1) is 6.92 Å². The standard InChI is InChI=1S/C26H30F3N5O2/c1-5-19(14-30-3)23-17(2)24(34(33-23)21-9-7-6-8-10-21)32-25(35)31-15-20-13-18(16-36-4)11-12-22(20)26(27,28)29/h6-14,30H,5,15-16H2,1-4H3,(H2,31,32,35)/b19-14+. The maximum atomic E-state index is 13.5. The molecular weight excluding hydrogens is 471 g/mol. The molecule has 192 valence electrons. The quantitative estimate of drug-likeness (QED) is 0.355. The van der Waals surface area contributed by atoms with Crippen molar-refractivity contribution in [3.8, 4) is 5.69 Å². The number of halogens is 3. The second-order valence-corrected chi connectivity index (χ2v) is 8.11. The number of para-hydroxylation sites is 1. The third-order valence-corrected chi connectivity index (χ3v) is 5.58. The molecular formula is C26H30F3N5O2. The summed E-state index contributed by atoms with van der Waals surface area (Å²) in [5, 5.41) is 13.1. The Bertz CT molecular complexity index is 1220. The Hall–Kier alpha value is -3.79. The molecule has 0 unspecified atom stereocenters. The van der Waals surface area contributed by atoms with Crippen LogP contribution in [0.2, 0.25) is 0 Å². The van der Waals surface area contributed by atoms with Gasteiger partial charge in [-0.3, -0.25) is 5.32 Å². The molecule has 3 aromatic rings. The number of alkyl halides is 3. The molecule has 0 aliphatic rings. The number of allylic oxidation sites excluding steroid dienone is 1. The van der Waals surface area contributed by atoms with Crippen LogP contribution in [0.1, 0.15) is 41.3 Å². The number of hydrogen-bond acceptors (Lipinski definition) is 4. The minimum Gasteiger partial charge on any atom is -0.394 e. The molecule has 0 saturated carbocycles. The summed E-state index contributed by atoms with van der Waals surface area (Å²) in [6.45, 7) is 3.69. The lowest BCUT2D eigenvalue weighted by Gasteiger charge is -2.16. The fourth-order valence-corrected chi connectivity index (χ4v) is 3.87. The zero-order valence-corrected chi connectivity index (χ0v) is 20.7. The van der Waals surface area contributed by atoms with Gasteiger partial charge in [0.2, 0.25) is 0 Å². The largest absolute Gasteiger partial charge is 0.416 e. The SMILES string of the molecule is CC/C(=C\NC)c1nn(-c2ccccc2)c(NC(=O)NCc2cc(COC)ccc2C(F)(F)F)c1C. The van der Waals surface area contributed by atoms with Gasteiger partial charge < -0.3 is 15.4 Å². The van der Waals surface area contributed by atoms with Crippen molar-refractivity contribution in [2.75, 3.05) is 19.5 Å². The monoisotopic (exact) mass is 501 g/mol. The lowest BCUT2D eigenvalue weighted by Crippen LogP contribution is -2.30. The molecule has 0 saturated heterocycles. The van der Waals surface area contributed by atoms with Crippen molar-refractivity contribution in [2.45, 2.75) is 39.6 Å². The van der Waals surface area contributed by atoms with Gasteiger partial charge in [0.05, 0.1) is 23.6 Å². The second kappa shape index (κ2) is 11.8. The predicted molar refractivity (Wildman–Crippen MR) is 134 cm³/mol. The van der Waals surface area contributed by atoms with E-state index in [2.05, 4.69) is 16.0 Å². The third-order valence-electron chi connectivity index (χ3n) is 5.58. The van der Waals surface area contributed by atoms with Crippen LogP contribution >= 0.6 is 0 Å². The zero-order chi connectivity index (χ0) is 26.3. The molecule has 7 nitrogen and oxygen atoms in total. The normalized spacial score (nSPS) is 11.9. The van der Waals surface area contributed by atoms with Gasteiger partial charge in [0, 0.05) is 32.5 Å². The van der Waals surface area contributed by atoms with E-state index in [4.69, 9.17) is 9.84 Å². The minimum absolute atomic E-state index is 0.0496. The first-order valence-corrected chi connectivity index (χ1v) is 11.4. The van der Waals surface area contributed by atoms with Gasteiger partial charge >= 0.3 is 12.2 Å². The molecule has 3 N–H and O–H groups in total. The Balaban J connectivity index is 1.90. The number of ether oxygens (including phenoxy) is 1. The highest BCUT2D eigenvalue weighted by Gasteiger charge is 2.33. The Morgan fingerprint density at radius 2 is 1.89 bits per heavy atom. The van der Waals surface area contributed by atoms with E-state index in [-0.39, 0.29) is 18.7 Å². The lowest BCUT2D eigenvalue weighted by molar-refractivity contribution is -0.138. The van der Waals surface area contributed by atoms with Crippen molar-refractivity contribution in [1.29, 1.82) is 0 Å². The van der Waals surface area contributed by atoms with Crippen LogP contribution in [0.3, 0.4) is 0 Å². The van der Waals surface area contributed by atoms with Crippen LogP contribution in [0.15, 0.2) is 54.7 Å². The number of nitrogens with zero attached hydrogens (tertiary/aromatic N) is 2. The number of nitrogens with one attached hydrogen (secondary N) is 3. The molecule has 0 atom stereocenters. The van der Waals surface area contributed by atoms with Crippen LogP contribution in [0.5, 0.6) is 0 Å². The van der Waals surface area contributed by atoms with Gasteiger partial charge in [0.25, 0.3) is 0 Å². The first kappa shape index (κ1) is 26.8. The molecule has 0 radical (unpaired) electrons. The highest BCUT2D eigenvalue weighted by molar-refractivity contribution is 5.90. The maximum absolute atomic E-state index is 13.5. The van der Waals surface area contributed by atoms with Crippen LogP contribution in [0.4, 0.5) is 23.8 Å².